The Morgan fingerprint density at radius 1 is 1.33 bits per heavy atom. The first-order valence-corrected chi connectivity index (χ1v) is 7.00. The predicted molar refractivity (Wildman–Crippen MR) is 65.8 cm³/mol. The van der Waals surface area contributed by atoms with Gasteiger partial charge in [0.2, 0.25) is 0 Å². The Morgan fingerprint density at radius 2 is 2.00 bits per heavy atom. The number of anilines is 1. The van der Waals surface area contributed by atoms with Crippen LogP contribution in [0.25, 0.3) is 0 Å². The zero-order valence-electron chi connectivity index (χ0n) is 7.58. The molecule has 0 radical (unpaired) electrons. The van der Waals surface area contributed by atoms with Crippen LogP contribution in [0.2, 0.25) is 0 Å². The van der Waals surface area contributed by atoms with Crippen LogP contribution in [-0.2, 0) is 10.0 Å². The minimum absolute atomic E-state index is 0.175. The van der Waals surface area contributed by atoms with E-state index in [1.54, 1.807) is 13.0 Å². The molecule has 0 unspecified atom stereocenters. The van der Waals surface area contributed by atoms with E-state index in [0.29, 0.717) is 20.5 Å². The van der Waals surface area contributed by atoms with Crippen LogP contribution in [0.5, 0.6) is 0 Å². The zero-order chi connectivity index (χ0) is 11.2. The van der Waals surface area contributed by atoms with Crippen molar-refractivity contribution in [2.45, 2.75) is 11.8 Å². The summed E-state index contributed by atoms with van der Waals surface area (Å²) < 4.78 is 28.4. The van der Waals surface area contributed by atoms with Gasteiger partial charge in [0.15, 0.2) is 0 Å². The second kappa shape index (κ2) is 3.57. The molecular formula is C8H6Br2N2O2S. The molecule has 1 aliphatic rings. The highest BCUT2D eigenvalue weighted by molar-refractivity contribution is 9.11. The fourth-order valence-electron chi connectivity index (χ4n) is 1.31. The lowest BCUT2D eigenvalue weighted by Crippen LogP contribution is -2.19. The van der Waals surface area contributed by atoms with Crippen molar-refractivity contribution < 1.29 is 8.42 Å². The van der Waals surface area contributed by atoms with Crippen LogP contribution < -0.4 is 5.32 Å². The number of hydrogen-bond donors (Lipinski definition) is 1. The Bertz CT molecular complexity index is 566. The first-order valence-electron chi connectivity index (χ1n) is 3.98. The number of nitrogens with one attached hydrogen (secondary N) is 1. The molecule has 0 aromatic heterocycles. The van der Waals surface area contributed by atoms with Crippen LogP contribution >= 0.6 is 31.9 Å². The lowest BCUT2D eigenvalue weighted by Gasteiger charge is -2.17. The Kier molecular flexibility index (Phi) is 2.64. The molecular weight excluding hydrogens is 348 g/mol. The maximum absolute atomic E-state index is 11.7. The van der Waals surface area contributed by atoms with Gasteiger partial charge in [-0.15, -0.1) is 4.40 Å². The molecule has 1 N–H and O–H groups in total. The molecule has 1 aromatic carbocycles. The third kappa shape index (κ3) is 1.95. The molecule has 0 bridgehead atoms. The van der Waals surface area contributed by atoms with Crippen LogP contribution in [0.1, 0.15) is 6.92 Å². The molecule has 0 spiro atoms. The molecule has 0 atom stereocenters. The van der Waals surface area contributed by atoms with Crippen LogP contribution in [0, 0.1) is 0 Å². The summed E-state index contributed by atoms with van der Waals surface area (Å²) in [5, 5.41) is 2.91. The van der Waals surface area contributed by atoms with E-state index in [1.807, 2.05) is 0 Å². The number of benzene rings is 1. The van der Waals surface area contributed by atoms with Gasteiger partial charge in [0.05, 0.1) is 5.69 Å². The second-order valence-electron chi connectivity index (χ2n) is 3.04. The van der Waals surface area contributed by atoms with Gasteiger partial charge in [-0.05, 0) is 35.0 Å². The maximum atomic E-state index is 11.7. The smallest absolute Gasteiger partial charge is 0.286 e. The molecule has 80 valence electrons. The highest BCUT2D eigenvalue weighted by Gasteiger charge is 2.25. The monoisotopic (exact) mass is 352 g/mol. The van der Waals surface area contributed by atoms with Crippen molar-refractivity contribution in [1.82, 2.24) is 0 Å². The number of hydrogen-bond acceptors (Lipinski definition) is 3. The molecule has 0 amide bonds. The van der Waals surface area contributed by atoms with Crippen molar-refractivity contribution in [3.63, 3.8) is 0 Å². The molecule has 1 aromatic rings. The van der Waals surface area contributed by atoms with Gasteiger partial charge in [-0.25, -0.2) is 0 Å². The Labute approximate surface area is 104 Å². The summed E-state index contributed by atoms with van der Waals surface area (Å²) in [7, 11) is -3.57. The number of fused-ring (bicyclic) bond motifs is 1. The molecule has 1 heterocycles. The summed E-state index contributed by atoms with van der Waals surface area (Å²) in [4.78, 5) is 0.175. The van der Waals surface area contributed by atoms with E-state index in [1.165, 1.54) is 6.07 Å². The lowest BCUT2D eigenvalue weighted by molar-refractivity contribution is 0.597. The first kappa shape index (κ1) is 11.1. The largest absolute Gasteiger partial charge is 0.341 e. The fraction of sp³-hybridized carbons (Fsp3) is 0.125. The van der Waals surface area contributed by atoms with E-state index in [4.69, 9.17) is 0 Å². The summed E-state index contributed by atoms with van der Waals surface area (Å²) in [6.07, 6.45) is 0. The number of nitrogens with zero attached hydrogens (tertiary/aromatic N) is 1. The highest BCUT2D eigenvalue weighted by atomic mass is 79.9. The minimum atomic E-state index is -3.57. The number of sulfonamides is 1. The van der Waals surface area contributed by atoms with Gasteiger partial charge in [-0.2, -0.15) is 8.42 Å². The first-order chi connectivity index (χ1) is 6.90. The molecule has 0 fully saturated rings. The molecule has 15 heavy (non-hydrogen) atoms. The number of amidine groups is 1. The molecule has 0 saturated heterocycles. The highest BCUT2D eigenvalue weighted by Crippen LogP contribution is 2.36. The Morgan fingerprint density at radius 3 is 2.67 bits per heavy atom. The SMILES string of the molecule is CC1=NS(=O)(=O)c2cc(Br)cc(Br)c2N1. The molecule has 0 aliphatic carbocycles. The minimum Gasteiger partial charge on any atom is -0.341 e. The quantitative estimate of drug-likeness (QED) is 0.780. The predicted octanol–water partition coefficient (Wildman–Crippen LogP) is 2.74. The van der Waals surface area contributed by atoms with Crippen molar-refractivity contribution in [2.75, 3.05) is 5.32 Å². The third-order valence-corrected chi connectivity index (χ3v) is 4.34. The maximum Gasteiger partial charge on any atom is 0.286 e. The summed E-state index contributed by atoms with van der Waals surface area (Å²) in [6, 6.07) is 3.30. The van der Waals surface area contributed by atoms with Crippen LogP contribution in [0.3, 0.4) is 0 Å². The third-order valence-electron chi connectivity index (χ3n) is 1.86. The average molecular weight is 354 g/mol. The molecule has 1 aliphatic heterocycles. The van der Waals surface area contributed by atoms with Gasteiger partial charge in [0.1, 0.15) is 10.7 Å². The Balaban J connectivity index is 2.80. The summed E-state index contributed by atoms with van der Waals surface area (Å²) in [5.74, 6) is 0.366. The Hall–Kier alpha value is -0.400. The van der Waals surface area contributed by atoms with Crippen LogP contribution in [0.4, 0.5) is 5.69 Å². The van der Waals surface area contributed by atoms with E-state index in [9.17, 15) is 8.42 Å². The van der Waals surface area contributed by atoms with Gasteiger partial charge >= 0.3 is 0 Å². The summed E-state index contributed by atoms with van der Waals surface area (Å²) in [6.45, 7) is 1.61. The standard InChI is InChI=1S/C8H6Br2N2O2S/c1-4-11-8-6(10)2-5(9)3-7(8)15(13,14)12-4/h2-3H,1H3,(H,11,12). The van der Waals surface area contributed by atoms with Gasteiger partial charge in [0, 0.05) is 8.95 Å². The average Bonchev–Trinajstić information content (AvgIpc) is 2.06. The number of rotatable bonds is 0. The summed E-state index contributed by atoms with van der Waals surface area (Å²) >= 11 is 6.54. The van der Waals surface area contributed by atoms with Gasteiger partial charge < -0.3 is 5.32 Å². The zero-order valence-corrected chi connectivity index (χ0v) is 11.6. The van der Waals surface area contributed by atoms with Crippen molar-refractivity contribution in [2.24, 2.45) is 4.40 Å². The van der Waals surface area contributed by atoms with Gasteiger partial charge in [0.25, 0.3) is 10.0 Å². The van der Waals surface area contributed by atoms with Crippen molar-refractivity contribution in [1.29, 1.82) is 0 Å². The van der Waals surface area contributed by atoms with Crippen molar-refractivity contribution in [3.05, 3.63) is 21.1 Å². The summed E-state index contributed by atoms with van der Waals surface area (Å²) in [5.41, 5.74) is 0.533. The van der Waals surface area contributed by atoms with E-state index in [2.05, 4.69) is 41.6 Å². The van der Waals surface area contributed by atoms with Gasteiger partial charge in [-0.3, -0.25) is 0 Å². The lowest BCUT2D eigenvalue weighted by atomic mass is 10.3. The van der Waals surface area contributed by atoms with Crippen molar-refractivity contribution in [3.8, 4) is 0 Å². The van der Waals surface area contributed by atoms with Crippen molar-refractivity contribution >= 4 is 53.4 Å². The number of halogens is 2. The van der Waals surface area contributed by atoms with E-state index in [-0.39, 0.29) is 4.90 Å². The normalized spacial score (nSPS) is 17.7. The van der Waals surface area contributed by atoms with E-state index in [0.717, 1.165) is 0 Å². The topological polar surface area (TPSA) is 58.5 Å². The molecule has 7 heteroatoms. The second-order valence-corrected chi connectivity index (χ2v) is 6.38. The van der Waals surface area contributed by atoms with Crippen LogP contribution in [-0.4, -0.2) is 14.3 Å². The molecule has 4 nitrogen and oxygen atoms in total. The van der Waals surface area contributed by atoms with E-state index < -0.39 is 10.0 Å². The molecule has 2 rings (SSSR count). The van der Waals surface area contributed by atoms with Crippen LogP contribution in [0.15, 0.2) is 30.4 Å². The van der Waals surface area contributed by atoms with Gasteiger partial charge in [-0.1, -0.05) is 15.9 Å². The molecule has 0 saturated carbocycles. The van der Waals surface area contributed by atoms with E-state index >= 15 is 0 Å². The fourth-order valence-corrected chi connectivity index (χ4v) is 4.11.